The third kappa shape index (κ3) is 4.52. The molecule has 0 saturated carbocycles. The van der Waals surface area contributed by atoms with Crippen molar-refractivity contribution < 1.29 is 0 Å². The van der Waals surface area contributed by atoms with Crippen LogP contribution < -0.4 is 5.73 Å². The first-order chi connectivity index (χ1) is 7.63. The summed E-state index contributed by atoms with van der Waals surface area (Å²) in [4.78, 5) is 2.32. The standard InChI is InChI=1S/C13H21ClN2/c1-3-9-16(2)10-8-13(15)11-4-6-12(14)7-5-11/h4-7,13H,3,8-10,15H2,1-2H3. The van der Waals surface area contributed by atoms with Gasteiger partial charge in [-0.2, -0.15) is 0 Å². The van der Waals surface area contributed by atoms with Crippen LogP contribution in [0.5, 0.6) is 0 Å². The highest BCUT2D eigenvalue weighted by Gasteiger charge is 2.06. The van der Waals surface area contributed by atoms with Crippen molar-refractivity contribution in [3.8, 4) is 0 Å². The molecule has 1 atom stereocenters. The molecular weight excluding hydrogens is 220 g/mol. The molecule has 0 bridgehead atoms. The molecule has 1 unspecified atom stereocenters. The van der Waals surface area contributed by atoms with Gasteiger partial charge in [0.05, 0.1) is 0 Å². The smallest absolute Gasteiger partial charge is 0.0406 e. The van der Waals surface area contributed by atoms with Gasteiger partial charge in [-0.15, -0.1) is 0 Å². The van der Waals surface area contributed by atoms with Gasteiger partial charge in [0.15, 0.2) is 0 Å². The molecule has 3 heteroatoms. The Hall–Kier alpha value is -0.570. The summed E-state index contributed by atoms with van der Waals surface area (Å²) in [7, 11) is 2.14. The zero-order chi connectivity index (χ0) is 12.0. The number of hydrogen-bond acceptors (Lipinski definition) is 2. The van der Waals surface area contributed by atoms with Crippen LogP contribution in [0.2, 0.25) is 5.02 Å². The third-order valence-corrected chi connectivity index (χ3v) is 2.98. The number of nitrogens with two attached hydrogens (primary N) is 1. The molecule has 1 aromatic carbocycles. The largest absolute Gasteiger partial charge is 0.324 e. The Kier molecular flexibility index (Phi) is 5.81. The first kappa shape index (κ1) is 13.5. The Morgan fingerprint density at radius 3 is 2.44 bits per heavy atom. The van der Waals surface area contributed by atoms with E-state index >= 15 is 0 Å². The van der Waals surface area contributed by atoms with Gasteiger partial charge >= 0.3 is 0 Å². The molecule has 0 amide bonds. The van der Waals surface area contributed by atoms with Gasteiger partial charge in [0.1, 0.15) is 0 Å². The molecule has 1 aromatic rings. The zero-order valence-electron chi connectivity index (χ0n) is 10.1. The van der Waals surface area contributed by atoms with Gasteiger partial charge in [0.25, 0.3) is 0 Å². The van der Waals surface area contributed by atoms with Crippen molar-refractivity contribution in [2.75, 3.05) is 20.1 Å². The molecule has 0 fully saturated rings. The van der Waals surface area contributed by atoms with Crippen molar-refractivity contribution in [1.82, 2.24) is 4.90 Å². The van der Waals surface area contributed by atoms with Crippen molar-refractivity contribution in [3.05, 3.63) is 34.9 Å². The van der Waals surface area contributed by atoms with Gasteiger partial charge in [0.2, 0.25) is 0 Å². The first-order valence-corrected chi connectivity index (χ1v) is 6.21. The summed E-state index contributed by atoms with van der Waals surface area (Å²) in [5, 5.41) is 0.763. The first-order valence-electron chi connectivity index (χ1n) is 5.83. The van der Waals surface area contributed by atoms with E-state index in [0.29, 0.717) is 0 Å². The Morgan fingerprint density at radius 2 is 1.88 bits per heavy atom. The van der Waals surface area contributed by atoms with Crippen LogP contribution in [0.1, 0.15) is 31.4 Å². The van der Waals surface area contributed by atoms with E-state index in [1.54, 1.807) is 0 Å². The average Bonchev–Trinajstić information content (AvgIpc) is 2.27. The van der Waals surface area contributed by atoms with E-state index < -0.39 is 0 Å². The van der Waals surface area contributed by atoms with Crippen molar-refractivity contribution >= 4 is 11.6 Å². The van der Waals surface area contributed by atoms with E-state index in [-0.39, 0.29) is 6.04 Å². The molecule has 2 nitrogen and oxygen atoms in total. The molecule has 90 valence electrons. The number of benzene rings is 1. The number of rotatable bonds is 6. The van der Waals surface area contributed by atoms with Gasteiger partial charge in [0, 0.05) is 11.1 Å². The molecule has 0 aliphatic heterocycles. The Morgan fingerprint density at radius 1 is 1.25 bits per heavy atom. The van der Waals surface area contributed by atoms with E-state index in [9.17, 15) is 0 Å². The summed E-state index contributed by atoms with van der Waals surface area (Å²) in [5.41, 5.74) is 7.28. The Labute approximate surface area is 103 Å². The van der Waals surface area contributed by atoms with Crippen LogP contribution in [0.3, 0.4) is 0 Å². The summed E-state index contributed by atoms with van der Waals surface area (Å²) >= 11 is 5.84. The minimum absolute atomic E-state index is 0.108. The van der Waals surface area contributed by atoms with Crippen LogP contribution in [0.4, 0.5) is 0 Å². The molecule has 0 aromatic heterocycles. The summed E-state index contributed by atoms with van der Waals surface area (Å²) in [6, 6.07) is 7.91. The second-order valence-corrected chi connectivity index (χ2v) is 4.69. The molecule has 0 aliphatic rings. The van der Waals surface area contributed by atoms with Gasteiger partial charge < -0.3 is 10.6 Å². The van der Waals surface area contributed by atoms with Crippen LogP contribution in [0, 0.1) is 0 Å². The lowest BCUT2D eigenvalue weighted by atomic mass is 10.0. The number of halogens is 1. The lowest BCUT2D eigenvalue weighted by Gasteiger charge is -2.18. The van der Waals surface area contributed by atoms with Crippen LogP contribution in [0.25, 0.3) is 0 Å². The predicted molar refractivity (Wildman–Crippen MR) is 70.8 cm³/mol. The van der Waals surface area contributed by atoms with E-state index in [0.717, 1.165) is 30.1 Å². The Bertz CT molecular complexity index is 297. The summed E-state index contributed by atoms with van der Waals surface area (Å²) in [5.74, 6) is 0. The predicted octanol–water partition coefficient (Wildman–Crippen LogP) is 3.07. The summed E-state index contributed by atoms with van der Waals surface area (Å²) in [6.45, 7) is 4.36. The number of hydrogen-bond donors (Lipinski definition) is 1. The summed E-state index contributed by atoms with van der Waals surface area (Å²) in [6.07, 6.45) is 2.17. The fourth-order valence-electron chi connectivity index (χ4n) is 1.73. The second-order valence-electron chi connectivity index (χ2n) is 4.25. The minimum atomic E-state index is 0.108. The second kappa shape index (κ2) is 6.89. The number of nitrogens with zero attached hydrogens (tertiary/aromatic N) is 1. The maximum atomic E-state index is 6.12. The van der Waals surface area contributed by atoms with E-state index in [1.165, 1.54) is 6.42 Å². The molecular formula is C13H21ClN2. The fraction of sp³-hybridized carbons (Fsp3) is 0.538. The van der Waals surface area contributed by atoms with Crippen LogP contribution in [-0.4, -0.2) is 25.0 Å². The van der Waals surface area contributed by atoms with E-state index in [1.807, 2.05) is 24.3 Å². The van der Waals surface area contributed by atoms with Crippen molar-refractivity contribution in [2.24, 2.45) is 5.73 Å². The zero-order valence-corrected chi connectivity index (χ0v) is 10.9. The molecule has 0 radical (unpaired) electrons. The monoisotopic (exact) mass is 240 g/mol. The van der Waals surface area contributed by atoms with Crippen molar-refractivity contribution in [2.45, 2.75) is 25.8 Å². The van der Waals surface area contributed by atoms with E-state index in [4.69, 9.17) is 17.3 Å². The van der Waals surface area contributed by atoms with Crippen molar-refractivity contribution in [3.63, 3.8) is 0 Å². The molecule has 0 aliphatic carbocycles. The summed E-state index contributed by atoms with van der Waals surface area (Å²) < 4.78 is 0. The Balaban J connectivity index is 2.40. The maximum Gasteiger partial charge on any atom is 0.0406 e. The SMILES string of the molecule is CCCN(C)CCC(N)c1ccc(Cl)cc1. The maximum absolute atomic E-state index is 6.12. The lowest BCUT2D eigenvalue weighted by Crippen LogP contribution is -2.24. The van der Waals surface area contributed by atoms with Crippen LogP contribution in [0.15, 0.2) is 24.3 Å². The van der Waals surface area contributed by atoms with E-state index in [2.05, 4.69) is 18.9 Å². The third-order valence-electron chi connectivity index (χ3n) is 2.73. The normalized spacial score (nSPS) is 13.1. The molecule has 0 saturated heterocycles. The van der Waals surface area contributed by atoms with Gasteiger partial charge in [-0.3, -0.25) is 0 Å². The molecule has 16 heavy (non-hydrogen) atoms. The molecule has 1 rings (SSSR count). The molecule has 2 N–H and O–H groups in total. The average molecular weight is 241 g/mol. The van der Waals surface area contributed by atoms with Gasteiger partial charge in [-0.05, 0) is 50.7 Å². The van der Waals surface area contributed by atoms with Gasteiger partial charge in [-0.25, -0.2) is 0 Å². The van der Waals surface area contributed by atoms with Crippen LogP contribution in [-0.2, 0) is 0 Å². The molecule has 0 heterocycles. The fourth-order valence-corrected chi connectivity index (χ4v) is 1.86. The minimum Gasteiger partial charge on any atom is -0.324 e. The van der Waals surface area contributed by atoms with Crippen LogP contribution >= 0.6 is 11.6 Å². The topological polar surface area (TPSA) is 29.3 Å². The highest BCUT2D eigenvalue weighted by Crippen LogP contribution is 2.17. The quantitative estimate of drug-likeness (QED) is 0.828. The highest BCUT2D eigenvalue weighted by molar-refractivity contribution is 6.30. The lowest BCUT2D eigenvalue weighted by molar-refractivity contribution is 0.319. The highest BCUT2D eigenvalue weighted by atomic mass is 35.5. The molecule has 0 spiro atoms. The van der Waals surface area contributed by atoms with Crippen molar-refractivity contribution in [1.29, 1.82) is 0 Å². The van der Waals surface area contributed by atoms with Gasteiger partial charge in [-0.1, -0.05) is 30.7 Å².